The highest BCUT2D eigenvalue weighted by molar-refractivity contribution is 5.80. The largest absolute Gasteiger partial charge is 0.396 e. The summed E-state index contributed by atoms with van der Waals surface area (Å²) in [5.41, 5.74) is 9.68. The van der Waals surface area contributed by atoms with E-state index in [1.807, 2.05) is 0 Å². The van der Waals surface area contributed by atoms with Crippen molar-refractivity contribution < 1.29 is 19.8 Å². The Morgan fingerprint density at radius 1 is 0.800 bits per heavy atom. The molecule has 0 saturated carbocycles. The van der Waals surface area contributed by atoms with Gasteiger partial charge in [-0.3, -0.25) is 9.59 Å². The van der Waals surface area contributed by atoms with Crippen LogP contribution in [0.25, 0.3) is 0 Å². The third kappa shape index (κ3) is 7.45. The maximum Gasteiger partial charge on any atom is 0.223 e. The minimum Gasteiger partial charge on any atom is -0.396 e. The molecule has 0 aliphatic carbocycles. The van der Waals surface area contributed by atoms with Gasteiger partial charge in [0.1, 0.15) is 0 Å². The summed E-state index contributed by atoms with van der Waals surface area (Å²) < 4.78 is 0. The van der Waals surface area contributed by atoms with Crippen molar-refractivity contribution in [2.75, 3.05) is 13.2 Å². The molecule has 0 aromatic carbocycles. The summed E-state index contributed by atoms with van der Waals surface area (Å²) in [6.45, 7) is -0.219. The molecule has 118 valence electrons. The molecule has 0 heterocycles. The van der Waals surface area contributed by atoms with Crippen LogP contribution in [0, 0.1) is 5.41 Å². The fourth-order valence-electron chi connectivity index (χ4n) is 2.47. The molecule has 6 heteroatoms. The normalized spacial score (nSPS) is 11.5. The van der Waals surface area contributed by atoms with Crippen LogP contribution in [0.3, 0.4) is 0 Å². The average Bonchev–Trinajstić information content (AvgIpc) is 2.37. The number of primary amides is 2. The highest BCUT2D eigenvalue weighted by atomic mass is 16.3. The van der Waals surface area contributed by atoms with E-state index in [-0.39, 0.29) is 19.1 Å². The first-order valence-electron chi connectivity index (χ1n) is 7.28. The van der Waals surface area contributed by atoms with Crippen molar-refractivity contribution in [1.29, 1.82) is 0 Å². The molecule has 0 aliphatic rings. The molecular weight excluding hydrogens is 260 g/mol. The fourth-order valence-corrected chi connectivity index (χ4v) is 2.47. The lowest BCUT2D eigenvalue weighted by Crippen LogP contribution is -2.39. The van der Waals surface area contributed by atoms with E-state index in [2.05, 4.69) is 0 Å². The van der Waals surface area contributed by atoms with Crippen LogP contribution in [0.15, 0.2) is 0 Å². The predicted octanol–water partition coefficient (Wildman–Crippen LogP) is 0.439. The molecule has 0 rings (SSSR count). The third-order valence-electron chi connectivity index (χ3n) is 3.78. The van der Waals surface area contributed by atoms with Crippen molar-refractivity contribution in [3.05, 3.63) is 0 Å². The maximum atomic E-state index is 11.6. The van der Waals surface area contributed by atoms with E-state index in [1.165, 1.54) is 0 Å². The second-order valence-electron chi connectivity index (χ2n) is 5.33. The minimum atomic E-state index is -0.795. The lowest BCUT2D eigenvalue weighted by atomic mass is 9.76. The molecule has 0 radical (unpaired) electrons. The van der Waals surface area contributed by atoms with Gasteiger partial charge in [-0.2, -0.15) is 0 Å². The number of carbonyl (C=O) groups is 2. The van der Waals surface area contributed by atoms with Crippen LogP contribution in [0.2, 0.25) is 0 Å². The van der Waals surface area contributed by atoms with Crippen LogP contribution >= 0.6 is 0 Å². The summed E-state index contributed by atoms with van der Waals surface area (Å²) in [5, 5.41) is 18.1. The van der Waals surface area contributed by atoms with Crippen LogP contribution in [0.4, 0.5) is 0 Å². The fraction of sp³-hybridized carbons (Fsp3) is 0.857. The van der Waals surface area contributed by atoms with Gasteiger partial charge < -0.3 is 21.7 Å². The molecule has 20 heavy (non-hydrogen) atoms. The van der Waals surface area contributed by atoms with E-state index < -0.39 is 11.3 Å². The zero-order valence-corrected chi connectivity index (χ0v) is 12.1. The first-order chi connectivity index (χ1) is 9.48. The topological polar surface area (TPSA) is 127 Å². The summed E-state index contributed by atoms with van der Waals surface area (Å²) in [6.07, 6.45) is 6.05. The first-order valence-corrected chi connectivity index (χ1v) is 7.28. The third-order valence-corrected chi connectivity index (χ3v) is 3.78. The highest BCUT2D eigenvalue weighted by Crippen LogP contribution is 2.32. The first kappa shape index (κ1) is 18.9. The number of carbonyl (C=O) groups excluding carboxylic acids is 2. The van der Waals surface area contributed by atoms with Crippen molar-refractivity contribution in [3.63, 3.8) is 0 Å². The van der Waals surface area contributed by atoms with Gasteiger partial charge in [-0.15, -0.1) is 0 Å². The second-order valence-corrected chi connectivity index (χ2v) is 5.33. The summed E-state index contributed by atoms with van der Waals surface area (Å²) in [4.78, 5) is 22.2. The molecule has 0 fully saturated rings. The van der Waals surface area contributed by atoms with E-state index in [0.717, 1.165) is 32.1 Å². The molecule has 0 atom stereocenters. The number of unbranched alkanes of at least 4 members (excludes halogenated alkanes) is 4. The van der Waals surface area contributed by atoms with E-state index >= 15 is 0 Å². The number of nitrogens with two attached hydrogens (primary N) is 2. The number of amides is 2. The SMILES string of the molecule is NC(=O)CCCCCCCC(CCO)(CCO)C(N)=O. The molecule has 6 N–H and O–H groups in total. The standard InChI is InChI=1S/C14H28N2O4/c15-12(19)6-4-2-1-3-5-7-14(8-10-17,9-11-18)13(16)20/h17-18H,1-11H2,(H2,15,19)(H2,16,20). The number of hydrogen-bond donors (Lipinski definition) is 4. The Morgan fingerprint density at radius 2 is 1.30 bits per heavy atom. The maximum absolute atomic E-state index is 11.6. The molecule has 2 amide bonds. The number of aliphatic hydroxyl groups is 2. The lowest BCUT2D eigenvalue weighted by molar-refractivity contribution is -0.130. The predicted molar refractivity (Wildman–Crippen MR) is 76.5 cm³/mol. The van der Waals surface area contributed by atoms with E-state index in [9.17, 15) is 9.59 Å². The molecule has 0 saturated heterocycles. The zero-order chi connectivity index (χ0) is 15.4. The molecule has 0 spiro atoms. The minimum absolute atomic E-state index is 0.110. The lowest BCUT2D eigenvalue weighted by Gasteiger charge is -2.29. The van der Waals surface area contributed by atoms with Gasteiger partial charge >= 0.3 is 0 Å². The van der Waals surface area contributed by atoms with Gasteiger partial charge in [0, 0.05) is 19.6 Å². The van der Waals surface area contributed by atoms with Crippen LogP contribution < -0.4 is 11.5 Å². The summed E-state index contributed by atoms with van der Waals surface area (Å²) in [7, 11) is 0. The van der Waals surface area contributed by atoms with Gasteiger partial charge in [-0.25, -0.2) is 0 Å². The molecule has 0 aromatic heterocycles. The molecule has 6 nitrogen and oxygen atoms in total. The van der Waals surface area contributed by atoms with Crippen LogP contribution in [0.1, 0.15) is 57.8 Å². The Balaban J connectivity index is 4.01. The summed E-state index contributed by atoms with van der Waals surface area (Å²) in [6, 6.07) is 0. The van der Waals surface area contributed by atoms with Crippen molar-refractivity contribution in [2.24, 2.45) is 16.9 Å². The second kappa shape index (κ2) is 10.6. The van der Waals surface area contributed by atoms with E-state index in [4.69, 9.17) is 21.7 Å². The Hall–Kier alpha value is -1.14. The molecule has 0 aliphatic heterocycles. The Kier molecular flexibility index (Phi) is 10.0. The van der Waals surface area contributed by atoms with Crippen LogP contribution in [0.5, 0.6) is 0 Å². The van der Waals surface area contributed by atoms with Crippen LogP contribution in [-0.2, 0) is 9.59 Å². The number of rotatable bonds is 13. The highest BCUT2D eigenvalue weighted by Gasteiger charge is 2.34. The number of hydrogen-bond acceptors (Lipinski definition) is 4. The van der Waals surface area contributed by atoms with Crippen LogP contribution in [-0.4, -0.2) is 35.2 Å². The van der Waals surface area contributed by atoms with E-state index in [0.29, 0.717) is 25.7 Å². The smallest absolute Gasteiger partial charge is 0.223 e. The van der Waals surface area contributed by atoms with Crippen molar-refractivity contribution in [2.45, 2.75) is 57.8 Å². The van der Waals surface area contributed by atoms with Gasteiger partial charge in [0.15, 0.2) is 0 Å². The average molecular weight is 288 g/mol. The Bertz CT molecular complexity index is 289. The van der Waals surface area contributed by atoms with Gasteiger partial charge in [0.25, 0.3) is 0 Å². The van der Waals surface area contributed by atoms with Gasteiger partial charge in [-0.1, -0.05) is 25.7 Å². The van der Waals surface area contributed by atoms with E-state index in [1.54, 1.807) is 0 Å². The quantitative estimate of drug-likeness (QED) is 0.367. The van der Waals surface area contributed by atoms with Crippen molar-refractivity contribution in [3.8, 4) is 0 Å². The molecule has 0 bridgehead atoms. The molecule has 0 aromatic rings. The molecular formula is C14H28N2O4. The number of aliphatic hydroxyl groups excluding tert-OH is 2. The van der Waals surface area contributed by atoms with Gasteiger partial charge in [-0.05, 0) is 25.7 Å². The van der Waals surface area contributed by atoms with Crippen molar-refractivity contribution in [1.82, 2.24) is 0 Å². The summed E-state index contributed by atoms with van der Waals surface area (Å²) >= 11 is 0. The Morgan fingerprint density at radius 3 is 1.75 bits per heavy atom. The molecule has 0 unspecified atom stereocenters. The zero-order valence-electron chi connectivity index (χ0n) is 12.1. The summed E-state index contributed by atoms with van der Waals surface area (Å²) in [5.74, 6) is -0.724. The van der Waals surface area contributed by atoms with Gasteiger partial charge in [0.05, 0.1) is 5.41 Å². The van der Waals surface area contributed by atoms with Gasteiger partial charge in [0.2, 0.25) is 11.8 Å². The monoisotopic (exact) mass is 288 g/mol. The Labute approximate surface area is 120 Å². The van der Waals surface area contributed by atoms with Crippen molar-refractivity contribution >= 4 is 11.8 Å².